The molecule has 0 aliphatic rings. The number of aromatic carboxylic acids is 1. The van der Waals surface area contributed by atoms with Crippen LogP contribution in [0.4, 0.5) is 8.78 Å². The van der Waals surface area contributed by atoms with E-state index in [2.05, 4.69) is 0 Å². The maximum Gasteiger partial charge on any atom is 0.341 e. The van der Waals surface area contributed by atoms with Crippen LogP contribution in [-0.2, 0) is 0 Å². The van der Waals surface area contributed by atoms with Crippen molar-refractivity contribution in [2.45, 2.75) is 58.2 Å². The van der Waals surface area contributed by atoms with E-state index >= 15 is 0 Å². The highest BCUT2D eigenvalue weighted by molar-refractivity contribution is 6.78. The van der Waals surface area contributed by atoms with E-state index in [1.54, 1.807) is 0 Å². The SMILES string of the molecule is CC(C)[Si](Oc1ccc(F)c(C(=O)O)c1F)(C(C)C)C(C)C. The van der Waals surface area contributed by atoms with E-state index in [9.17, 15) is 13.6 Å². The third-order valence-electron chi connectivity index (χ3n) is 4.26. The summed E-state index contributed by atoms with van der Waals surface area (Å²) in [7, 11) is -2.43. The largest absolute Gasteiger partial charge is 0.541 e. The van der Waals surface area contributed by atoms with Gasteiger partial charge in [0.25, 0.3) is 8.32 Å². The van der Waals surface area contributed by atoms with Crippen LogP contribution in [-0.4, -0.2) is 19.4 Å². The Bertz CT molecular complexity index is 535. The summed E-state index contributed by atoms with van der Waals surface area (Å²) >= 11 is 0. The number of halogens is 2. The number of carboxylic acid groups (broad SMARTS) is 1. The van der Waals surface area contributed by atoms with Gasteiger partial charge in [-0.25, -0.2) is 13.6 Å². The molecule has 0 atom stereocenters. The molecule has 0 fully saturated rings. The van der Waals surface area contributed by atoms with Crippen LogP contribution < -0.4 is 4.43 Å². The first-order valence-electron chi connectivity index (χ1n) is 7.45. The summed E-state index contributed by atoms with van der Waals surface area (Å²) in [6.07, 6.45) is 0. The molecule has 0 heterocycles. The zero-order valence-electron chi connectivity index (χ0n) is 13.9. The summed E-state index contributed by atoms with van der Waals surface area (Å²) in [6.45, 7) is 12.2. The van der Waals surface area contributed by atoms with Crippen molar-refractivity contribution in [3.63, 3.8) is 0 Å². The minimum Gasteiger partial charge on any atom is -0.541 e. The van der Waals surface area contributed by atoms with Crippen LogP contribution in [0.1, 0.15) is 51.9 Å². The first-order valence-corrected chi connectivity index (χ1v) is 9.60. The lowest BCUT2D eigenvalue weighted by atomic mass is 10.2. The Morgan fingerprint density at radius 2 is 1.50 bits per heavy atom. The Morgan fingerprint density at radius 1 is 1.05 bits per heavy atom. The standard InChI is InChI=1S/C16H24F2O3Si/c1-9(2)22(10(3)4,11(5)6)21-13-8-7-12(17)14(15(13)18)16(19)20/h7-11H,1-6H3,(H,19,20). The van der Waals surface area contributed by atoms with Gasteiger partial charge in [0.15, 0.2) is 5.82 Å². The Hall–Kier alpha value is -1.43. The summed E-state index contributed by atoms with van der Waals surface area (Å²) in [5.41, 5.74) is -0.364. The van der Waals surface area contributed by atoms with E-state index < -0.39 is 31.5 Å². The quantitative estimate of drug-likeness (QED) is 0.728. The van der Waals surface area contributed by atoms with Gasteiger partial charge in [-0.15, -0.1) is 0 Å². The van der Waals surface area contributed by atoms with Gasteiger partial charge in [0, 0.05) is 0 Å². The van der Waals surface area contributed by atoms with Crippen molar-refractivity contribution in [2.75, 3.05) is 0 Å². The normalized spacial score (nSPS) is 12.3. The topological polar surface area (TPSA) is 46.5 Å². The molecule has 3 nitrogen and oxygen atoms in total. The van der Waals surface area contributed by atoms with Gasteiger partial charge in [-0.1, -0.05) is 41.5 Å². The second-order valence-corrected chi connectivity index (χ2v) is 11.8. The van der Waals surface area contributed by atoms with Crippen molar-refractivity contribution >= 4 is 14.3 Å². The number of carboxylic acids is 1. The van der Waals surface area contributed by atoms with E-state index in [-0.39, 0.29) is 22.4 Å². The van der Waals surface area contributed by atoms with Crippen molar-refractivity contribution in [1.82, 2.24) is 0 Å². The maximum atomic E-state index is 14.4. The third-order valence-corrected chi connectivity index (χ3v) is 10.3. The summed E-state index contributed by atoms with van der Waals surface area (Å²) in [6, 6.07) is 2.13. The van der Waals surface area contributed by atoms with Gasteiger partial charge >= 0.3 is 5.97 Å². The van der Waals surface area contributed by atoms with E-state index in [0.29, 0.717) is 0 Å². The molecule has 0 saturated heterocycles. The minimum atomic E-state index is -2.43. The smallest absolute Gasteiger partial charge is 0.341 e. The molecule has 0 amide bonds. The van der Waals surface area contributed by atoms with Crippen LogP contribution in [0.5, 0.6) is 5.75 Å². The van der Waals surface area contributed by atoms with Gasteiger partial charge in [0.2, 0.25) is 0 Å². The van der Waals surface area contributed by atoms with Crippen LogP contribution in [0, 0.1) is 11.6 Å². The van der Waals surface area contributed by atoms with Gasteiger partial charge in [-0.05, 0) is 28.8 Å². The van der Waals surface area contributed by atoms with Crippen molar-refractivity contribution in [3.05, 3.63) is 29.3 Å². The van der Waals surface area contributed by atoms with Crippen LogP contribution in [0.2, 0.25) is 16.6 Å². The first-order chi connectivity index (χ1) is 10.1. The second kappa shape index (κ2) is 6.77. The van der Waals surface area contributed by atoms with Gasteiger partial charge < -0.3 is 9.53 Å². The molecule has 1 aromatic rings. The second-order valence-electron chi connectivity index (χ2n) is 6.46. The zero-order valence-corrected chi connectivity index (χ0v) is 14.9. The molecule has 0 aromatic heterocycles. The highest BCUT2D eigenvalue weighted by Crippen LogP contribution is 2.43. The first kappa shape index (κ1) is 18.6. The van der Waals surface area contributed by atoms with Crippen LogP contribution in [0.25, 0.3) is 0 Å². The van der Waals surface area contributed by atoms with Gasteiger partial charge in [-0.3, -0.25) is 0 Å². The molecular weight excluding hydrogens is 306 g/mol. The Labute approximate surface area is 131 Å². The molecule has 6 heteroatoms. The lowest BCUT2D eigenvalue weighted by molar-refractivity contribution is 0.0685. The number of carbonyl (C=O) groups is 1. The van der Waals surface area contributed by atoms with E-state index in [1.807, 2.05) is 41.5 Å². The monoisotopic (exact) mass is 330 g/mol. The molecule has 1 aromatic carbocycles. The molecule has 1 N–H and O–H groups in total. The van der Waals surface area contributed by atoms with E-state index in [0.717, 1.165) is 6.07 Å². The third kappa shape index (κ3) is 3.16. The zero-order chi connectivity index (χ0) is 17.2. The van der Waals surface area contributed by atoms with E-state index in [1.165, 1.54) is 6.07 Å². The Kier molecular flexibility index (Phi) is 5.73. The molecule has 1 rings (SSSR count). The van der Waals surface area contributed by atoms with Crippen LogP contribution >= 0.6 is 0 Å². The molecule has 0 saturated carbocycles. The molecule has 0 aliphatic heterocycles. The molecular formula is C16H24F2O3Si. The molecule has 0 aliphatic carbocycles. The van der Waals surface area contributed by atoms with Gasteiger partial charge in [-0.2, -0.15) is 0 Å². The lowest BCUT2D eigenvalue weighted by Gasteiger charge is -2.42. The molecule has 0 unspecified atom stereocenters. The van der Waals surface area contributed by atoms with Crippen molar-refractivity contribution in [2.24, 2.45) is 0 Å². The number of benzene rings is 1. The number of hydrogen-bond donors (Lipinski definition) is 1. The predicted molar refractivity (Wildman–Crippen MR) is 85.0 cm³/mol. The Balaban J connectivity index is 3.43. The van der Waals surface area contributed by atoms with Crippen LogP contribution in [0.3, 0.4) is 0 Å². The lowest BCUT2D eigenvalue weighted by Crippen LogP contribution is -2.51. The highest BCUT2D eigenvalue weighted by atomic mass is 28.4. The number of hydrogen-bond acceptors (Lipinski definition) is 2. The summed E-state index contributed by atoms with van der Waals surface area (Å²) in [5, 5.41) is 8.97. The fourth-order valence-corrected chi connectivity index (χ4v) is 8.60. The molecule has 0 radical (unpaired) electrons. The van der Waals surface area contributed by atoms with Gasteiger partial charge in [0.05, 0.1) is 0 Å². The van der Waals surface area contributed by atoms with E-state index in [4.69, 9.17) is 9.53 Å². The minimum absolute atomic E-state index is 0.165. The predicted octanol–water partition coefficient (Wildman–Crippen LogP) is 5.22. The fraction of sp³-hybridized carbons (Fsp3) is 0.562. The number of rotatable bonds is 6. The van der Waals surface area contributed by atoms with Crippen molar-refractivity contribution < 1.29 is 23.1 Å². The summed E-state index contributed by atoms with van der Waals surface area (Å²) in [4.78, 5) is 11.0. The summed E-state index contributed by atoms with van der Waals surface area (Å²) in [5.74, 6) is -4.03. The van der Waals surface area contributed by atoms with Gasteiger partial charge in [0.1, 0.15) is 17.1 Å². The highest BCUT2D eigenvalue weighted by Gasteiger charge is 2.47. The Morgan fingerprint density at radius 3 is 1.86 bits per heavy atom. The molecule has 0 spiro atoms. The van der Waals surface area contributed by atoms with Crippen molar-refractivity contribution in [1.29, 1.82) is 0 Å². The van der Waals surface area contributed by atoms with Crippen molar-refractivity contribution in [3.8, 4) is 5.75 Å². The molecule has 22 heavy (non-hydrogen) atoms. The average molecular weight is 330 g/mol. The maximum absolute atomic E-state index is 14.4. The molecule has 124 valence electrons. The average Bonchev–Trinajstić information content (AvgIpc) is 2.36. The molecule has 0 bridgehead atoms. The fourth-order valence-electron chi connectivity index (χ4n) is 3.35. The van der Waals surface area contributed by atoms with Crippen LogP contribution in [0.15, 0.2) is 12.1 Å². The summed E-state index contributed by atoms with van der Waals surface area (Å²) < 4.78 is 34.0.